The van der Waals surface area contributed by atoms with Gasteiger partial charge in [0.15, 0.2) is 0 Å². The van der Waals surface area contributed by atoms with E-state index in [-0.39, 0.29) is 11.9 Å². The minimum Gasteiger partial charge on any atom is -0.374 e. The molecule has 2 rings (SSSR count). The zero-order chi connectivity index (χ0) is 15.1. The number of pyridine rings is 1. The van der Waals surface area contributed by atoms with Crippen LogP contribution in [0.2, 0.25) is 0 Å². The first-order chi connectivity index (χ1) is 10.1. The van der Waals surface area contributed by atoms with E-state index in [0.29, 0.717) is 5.69 Å². The lowest BCUT2D eigenvalue weighted by atomic mass is 10.2. The number of rotatable bonds is 5. The number of hydrazone groups is 1. The van der Waals surface area contributed by atoms with Crippen LogP contribution in [0.25, 0.3) is 0 Å². The molecule has 0 spiro atoms. The molecular formula is C16H18N4O. The molecule has 21 heavy (non-hydrogen) atoms. The van der Waals surface area contributed by atoms with E-state index >= 15 is 0 Å². The third-order valence-corrected chi connectivity index (χ3v) is 2.85. The highest BCUT2D eigenvalue weighted by Gasteiger charge is 2.11. The van der Waals surface area contributed by atoms with Crippen LogP contribution < -0.4 is 10.7 Å². The molecule has 5 heteroatoms. The van der Waals surface area contributed by atoms with Crippen molar-refractivity contribution in [3.63, 3.8) is 0 Å². The fraction of sp³-hybridized carbons (Fsp3) is 0.188. The highest BCUT2D eigenvalue weighted by atomic mass is 16.2. The molecule has 2 aromatic rings. The molecule has 2 N–H and O–H groups in total. The van der Waals surface area contributed by atoms with Crippen molar-refractivity contribution in [3.8, 4) is 0 Å². The summed E-state index contributed by atoms with van der Waals surface area (Å²) in [6.45, 7) is 3.79. The van der Waals surface area contributed by atoms with Crippen LogP contribution in [0, 0.1) is 6.92 Å². The zero-order valence-corrected chi connectivity index (χ0v) is 12.1. The predicted octanol–water partition coefficient (Wildman–Crippen LogP) is 2.34. The minimum atomic E-state index is -0.382. The Balaban J connectivity index is 1.87. The second-order valence-electron chi connectivity index (χ2n) is 4.72. The van der Waals surface area contributed by atoms with Crippen LogP contribution >= 0.6 is 0 Å². The summed E-state index contributed by atoms with van der Waals surface area (Å²) < 4.78 is 0. The maximum absolute atomic E-state index is 11.9. The molecule has 0 aliphatic carbocycles. The number of nitrogens with zero attached hydrogens (tertiary/aromatic N) is 2. The number of benzene rings is 1. The second kappa shape index (κ2) is 7.19. The summed E-state index contributed by atoms with van der Waals surface area (Å²) in [7, 11) is 0. The van der Waals surface area contributed by atoms with Crippen LogP contribution in [0.4, 0.5) is 5.69 Å². The van der Waals surface area contributed by atoms with Crippen molar-refractivity contribution < 1.29 is 4.79 Å². The van der Waals surface area contributed by atoms with Crippen LogP contribution in [0.15, 0.2) is 53.8 Å². The minimum absolute atomic E-state index is 0.205. The van der Waals surface area contributed by atoms with E-state index in [9.17, 15) is 4.79 Å². The highest BCUT2D eigenvalue weighted by Crippen LogP contribution is 2.10. The number of nitrogens with one attached hydrogen (secondary N) is 2. The molecule has 0 bridgehead atoms. The molecule has 1 heterocycles. The smallest absolute Gasteiger partial charge is 0.262 e. The van der Waals surface area contributed by atoms with Gasteiger partial charge in [-0.1, -0.05) is 18.2 Å². The number of aryl methyl sites for hydroxylation is 1. The van der Waals surface area contributed by atoms with Crippen LogP contribution in [0.5, 0.6) is 0 Å². The van der Waals surface area contributed by atoms with E-state index < -0.39 is 0 Å². The van der Waals surface area contributed by atoms with Gasteiger partial charge in [0, 0.05) is 11.9 Å². The lowest BCUT2D eigenvalue weighted by Crippen LogP contribution is -2.34. The summed E-state index contributed by atoms with van der Waals surface area (Å²) in [6.07, 6.45) is 3.18. The van der Waals surface area contributed by atoms with Crippen molar-refractivity contribution in [1.29, 1.82) is 0 Å². The Morgan fingerprint density at radius 1 is 1.29 bits per heavy atom. The highest BCUT2D eigenvalue weighted by molar-refractivity contribution is 5.85. The number of carbonyl (C=O) groups excluding carboxylic acids is 1. The van der Waals surface area contributed by atoms with Gasteiger partial charge >= 0.3 is 0 Å². The lowest BCUT2D eigenvalue weighted by Gasteiger charge is -2.13. The number of anilines is 1. The standard InChI is InChI=1S/C16H18N4O/c1-12-6-5-8-14(10-12)19-13(2)16(21)20-18-11-15-7-3-4-9-17-15/h3-11,13,19H,1-2H3,(H,20,21)/t13-/m0/s1. The van der Waals surface area contributed by atoms with E-state index in [4.69, 9.17) is 0 Å². The van der Waals surface area contributed by atoms with E-state index in [1.165, 1.54) is 6.21 Å². The molecule has 5 nitrogen and oxygen atoms in total. The van der Waals surface area contributed by atoms with Crippen LogP contribution in [0.3, 0.4) is 0 Å². The third kappa shape index (κ3) is 4.72. The summed E-state index contributed by atoms with van der Waals surface area (Å²) in [5, 5.41) is 7.02. The molecule has 1 atom stereocenters. The number of aromatic nitrogens is 1. The fourth-order valence-corrected chi connectivity index (χ4v) is 1.76. The lowest BCUT2D eigenvalue weighted by molar-refractivity contribution is -0.121. The topological polar surface area (TPSA) is 66.4 Å². The first kappa shape index (κ1) is 14.7. The molecule has 0 fully saturated rings. The third-order valence-electron chi connectivity index (χ3n) is 2.85. The summed E-state index contributed by atoms with van der Waals surface area (Å²) in [6, 6.07) is 13.0. The van der Waals surface area contributed by atoms with Crippen LogP contribution in [-0.2, 0) is 4.79 Å². The maximum atomic E-state index is 11.9. The van der Waals surface area contributed by atoms with E-state index in [0.717, 1.165) is 11.3 Å². The summed E-state index contributed by atoms with van der Waals surface area (Å²) in [5.74, 6) is -0.205. The Labute approximate surface area is 124 Å². The van der Waals surface area contributed by atoms with Gasteiger partial charge in [-0.05, 0) is 43.7 Å². The summed E-state index contributed by atoms with van der Waals surface area (Å²) >= 11 is 0. The zero-order valence-electron chi connectivity index (χ0n) is 12.1. The van der Waals surface area contributed by atoms with Gasteiger partial charge in [0.05, 0.1) is 11.9 Å². The number of hydrogen-bond donors (Lipinski definition) is 2. The predicted molar refractivity (Wildman–Crippen MR) is 84.2 cm³/mol. The maximum Gasteiger partial charge on any atom is 0.262 e. The van der Waals surface area contributed by atoms with Gasteiger partial charge < -0.3 is 5.32 Å². The Morgan fingerprint density at radius 3 is 2.86 bits per heavy atom. The Bertz CT molecular complexity index is 625. The van der Waals surface area contributed by atoms with Crippen molar-refractivity contribution in [2.45, 2.75) is 19.9 Å². The summed E-state index contributed by atoms with van der Waals surface area (Å²) in [5.41, 5.74) is 5.23. The van der Waals surface area contributed by atoms with Gasteiger partial charge in [0.25, 0.3) is 5.91 Å². The van der Waals surface area contributed by atoms with Crippen molar-refractivity contribution >= 4 is 17.8 Å². The largest absolute Gasteiger partial charge is 0.374 e. The van der Waals surface area contributed by atoms with Crippen LogP contribution in [0.1, 0.15) is 18.2 Å². The van der Waals surface area contributed by atoms with Crippen molar-refractivity contribution in [2.24, 2.45) is 5.10 Å². The fourth-order valence-electron chi connectivity index (χ4n) is 1.76. The van der Waals surface area contributed by atoms with Crippen molar-refractivity contribution in [2.75, 3.05) is 5.32 Å². The molecule has 1 aromatic carbocycles. The van der Waals surface area contributed by atoms with Crippen molar-refractivity contribution in [3.05, 3.63) is 59.9 Å². The molecule has 1 amide bonds. The average Bonchev–Trinajstić information content (AvgIpc) is 2.48. The Hall–Kier alpha value is -2.69. The van der Waals surface area contributed by atoms with Gasteiger partial charge in [0.1, 0.15) is 6.04 Å². The van der Waals surface area contributed by atoms with Gasteiger partial charge in [-0.3, -0.25) is 9.78 Å². The molecular weight excluding hydrogens is 264 g/mol. The molecule has 0 aliphatic heterocycles. The number of carbonyl (C=O) groups is 1. The molecule has 0 saturated heterocycles. The second-order valence-corrected chi connectivity index (χ2v) is 4.72. The van der Waals surface area contributed by atoms with E-state index in [1.807, 2.05) is 49.4 Å². The van der Waals surface area contributed by atoms with Gasteiger partial charge in [-0.15, -0.1) is 0 Å². The van der Waals surface area contributed by atoms with Gasteiger partial charge in [-0.25, -0.2) is 5.43 Å². The SMILES string of the molecule is Cc1cccc(N[C@@H](C)C(=O)NN=Cc2ccccn2)c1. The van der Waals surface area contributed by atoms with Crippen molar-refractivity contribution in [1.82, 2.24) is 10.4 Å². The van der Waals surface area contributed by atoms with Gasteiger partial charge in [0.2, 0.25) is 0 Å². The Morgan fingerprint density at radius 2 is 2.14 bits per heavy atom. The molecule has 108 valence electrons. The van der Waals surface area contributed by atoms with Crippen LogP contribution in [-0.4, -0.2) is 23.1 Å². The first-order valence-corrected chi connectivity index (χ1v) is 6.72. The average molecular weight is 282 g/mol. The summed E-state index contributed by atoms with van der Waals surface area (Å²) in [4.78, 5) is 16.0. The van der Waals surface area contributed by atoms with E-state index in [1.54, 1.807) is 13.1 Å². The molecule has 0 saturated carbocycles. The number of hydrogen-bond acceptors (Lipinski definition) is 4. The molecule has 0 radical (unpaired) electrons. The normalized spacial score (nSPS) is 12.1. The molecule has 0 aliphatic rings. The monoisotopic (exact) mass is 282 g/mol. The van der Waals surface area contributed by atoms with Gasteiger partial charge in [-0.2, -0.15) is 5.10 Å². The number of amides is 1. The Kier molecular flexibility index (Phi) is 5.04. The quantitative estimate of drug-likeness (QED) is 0.653. The molecule has 0 unspecified atom stereocenters. The molecule has 1 aromatic heterocycles. The van der Waals surface area contributed by atoms with E-state index in [2.05, 4.69) is 20.8 Å². The first-order valence-electron chi connectivity index (χ1n) is 6.72.